The molecule has 0 unspecified atom stereocenters. The van der Waals surface area contributed by atoms with Crippen molar-refractivity contribution in [1.82, 2.24) is 9.55 Å². The molecule has 2 aromatic rings. The second kappa shape index (κ2) is 5.01. The number of imidazole rings is 1. The van der Waals surface area contributed by atoms with Crippen LogP contribution in [0.15, 0.2) is 24.5 Å². The van der Waals surface area contributed by atoms with Gasteiger partial charge in [-0.3, -0.25) is 14.7 Å². The zero-order valence-electron chi connectivity index (χ0n) is 11.2. The van der Waals surface area contributed by atoms with Crippen molar-refractivity contribution in [3.8, 4) is 5.69 Å². The maximum atomic E-state index is 11.3. The number of carboxylic acids is 1. The van der Waals surface area contributed by atoms with Crippen molar-refractivity contribution in [2.45, 2.75) is 25.7 Å². The van der Waals surface area contributed by atoms with Gasteiger partial charge in [-0.2, -0.15) is 0 Å². The summed E-state index contributed by atoms with van der Waals surface area (Å²) in [5.74, 6) is -1.31. The zero-order valence-corrected chi connectivity index (χ0v) is 11.2. The summed E-state index contributed by atoms with van der Waals surface area (Å²) in [6.45, 7) is 0. The van der Waals surface area contributed by atoms with E-state index in [1.165, 1.54) is 12.1 Å². The lowest BCUT2D eigenvalue weighted by Gasteiger charge is -2.14. The molecule has 0 aliphatic heterocycles. The molecule has 0 spiro atoms. The van der Waals surface area contributed by atoms with E-state index in [2.05, 4.69) is 4.98 Å². The van der Waals surface area contributed by atoms with Crippen LogP contribution >= 0.6 is 0 Å². The monoisotopic (exact) mass is 287 g/mol. The number of nitrogens with zero attached hydrogens (tertiary/aromatic N) is 3. The van der Waals surface area contributed by atoms with E-state index in [9.17, 15) is 14.9 Å². The molecule has 7 heteroatoms. The number of hydrogen-bond donors (Lipinski definition) is 1. The molecule has 21 heavy (non-hydrogen) atoms. The Morgan fingerprint density at radius 3 is 2.81 bits per heavy atom. The maximum absolute atomic E-state index is 11.3. The summed E-state index contributed by atoms with van der Waals surface area (Å²) in [4.78, 5) is 26.2. The van der Waals surface area contributed by atoms with Crippen molar-refractivity contribution in [1.29, 1.82) is 0 Å². The minimum Gasteiger partial charge on any atom is -0.477 e. The van der Waals surface area contributed by atoms with Crippen LogP contribution in [0.1, 0.15) is 34.6 Å². The number of hydrogen-bond acceptors (Lipinski definition) is 4. The average molecular weight is 287 g/mol. The lowest BCUT2D eigenvalue weighted by molar-refractivity contribution is -0.384. The summed E-state index contributed by atoms with van der Waals surface area (Å²) in [7, 11) is 0. The Bertz CT molecular complexity index is 736. The van der Waals surface area contributed by atoms with Gasteiger partial charge in [-0.25, -0.2) is 9.78 Å². The highest BCUT2D eigenvalue weighted by atomic mass is 16.6. The van der Waals surface area contributed by atoms with Crippen LogP contribution in [0, 0.1) is 10.1 Å². The molecule has 1 heterocycles. The third kappa shape index (κ3) is 2.16. The molecule has 0 bridgehead atoms. The van der Waals surface area contributed by atoms with Crippen LogP contribution < -0.4 is 0 Å². The Labute approximate surface area is 120 Å². The zero-order chi connectivity index (χ0) is 15.0. The predicted octanol–water partition coefficient (Wildman–Crippen LogP) is 2.36. The summed E-state index contributed by atoms with van der Waals surface area (Å²) < 4.78 is 1.65. The van der Waals surface area contributed by atoms with Gasteiger partial charge < -0.3 is 5.11 Å². The van der Waals surface area contributed by atoms with E-state index in [0.29, 0.717) is 0 Å². The summed E-state index contributed by atoms with van der Waals surface area (Å²) in [5, 5.41) is 20.5. The quantitative estimate of drug-likeness (QED) is 0.690. The molecule has 0 fully saturated rings. The van der Waals surface area contributed by atoms with Gasteiger partial charge in [0.15, 0.2) is 0 Å². The SMILES string of the molecule is O=C(O)c1cccc(-n2cnc3c2CCCC3)c1[N+](=O)[O-]. The minimum absolute atomic E-state index is 0.260. The normalized spacial score (nSPS) is 13.7. The molecule has 0 radical (unpaired) electrons. The van der Waals surface area contributed by atoms with Gasteiger partial charge in [0.05, 0.1) is 16.9 Å². The van der Waals surface area contributed by atoms with Crippen LogP contribution in [0.2, 0.25) is 0 Å². The molecule has 0 amide bonds. The van der Waals surface area contributed by atoms with Crippen LogP contribution in [0.5, 0.6) is 0 Å². The maximum Gasteiger partial charge on any atom is 0.342 e. The fourth-order valence-corrected chi connectivity index (χ4v) is 2.77. The molecule has 1 aromatic carbocycles. The van der Waals surface area contributed by atoms with Gasteiger partial charge in [0.2, 0.25) is 0 Å². The molecule has 7 nitrogen and oxygen atoms in total. The highest BCUT2D eigenvalue weighted by Gasteiger charge is 2.27. The third-order valence-electron chi connectivity index (χ3n) is 3.72. The highest BCUT2D eigenvalue weighted by Crippen LogP contribution is 2.31. The Morgan fingerprint density at radius 1 is 1.33 bits per heavy atom. The molecular formula is C14H13N3O4. The van der Waals surface area contributed by atoms with Gasteiger partial charge in [0.1, 0.15) is 11.3 Å². The molecule has 0 atom stereocenters. The number of aromatic carboxylic acids is 1. The number of carboxylic acid groups (broad SMARTS) is 1. The Kier molecular flexibility index (Phi) is 3.17. The van der Waals surface area contributed by atoms with Crippen LogP contribution in [0.25, 0.3) is 5.69 Å². The number of nitro benzene ring substituents is 1. The fourth-order valence-electron chi connectivity index (χ4n) is 2.77. The first kappa shape index (κ1) is 13.3. The molecule has 1 aliphatic rings. The van der Waals surface area contributed by atoms with Crippen molar-refractivity contribution in [2.24, 2.45) is 0 Å². The van der Waals surface area contributed by atoms with Crippen molar-refractivity contribution >= 4 is 11.7 Å². The van der Waals surface area contributed by atoms with Gasteiger partial charge in [-0.05, 0) is 37.8 Å². The molecule has 0 saturated carbocycles. The first-order valence-corrected chi connectivity index (χ1v) is 6.65. The standard InChI is InChI=1S/C14H13N3O4/c18-14(19)9-4-3-7-12(13(9)17(20)21)16-8-15-10-5-1-2-6-11(10)16/h3-4,7-8H,1-2,5-6H2,(H,18,19). The Morgan fingerprint density at radius 2 is 2.10 bits per heavy atom. The van der Waals surface area contributed by atoms with Gasteiger partial charge >= 0.3 is 11.7 Å². The van der Waals surface area contributed by atoms with Gasteiger partial charge in [0.25, 0.3) is 0 Å². The number of rotatable bonds is 3. The Hall–Kier alpha value is -2.70. The van der Waals surface area contributed by atoms with Crippen LogP contribution in [-0.2, 0) is 12.8 Å². The molecule has 3 rings (SSSR count). The summed E-state index contributed by atoms with van der Waals surface area (Å²) in [6.07, 6.45) is 5.26. The van der Waals surface area contributed by atoms with Gasteiger partial charge in [0, 0.05) is 5.69 Å². The summed E-state index contributed by atoms with van der Waals surface area (Å²) in [6, 6.07) is 4.31. The number of carbonyl (C=O) groups is 1. The largest absolute Gasteiger partial charge is 0.477 e. The number of para-hydroxylation sites is 1. The molecule has 1 aromatic heterocycles. The van der Waals surface area contributed by atoms with E-state index in [-0.39, 0.29) is 11.3 Å². The van der Waals surface area contributed by atoms with E-state index < -0.39 is 16.6 Å². The van der Waals surface area contributed by atoms with Crippen molar-refractivity contribution in [3.05, 3.63) is 51.6 Å². The number of nitro groups is 1. The number of benzene rings is 1. The molecular weight excluding hydrogens is 274 g/mol. The van der Waals surface area contributed by atoms with Crippen LogP contribution in [0.4, 0.5) is 5.69 Å². The Balaban J connectivity index is 2.23. The fraction of sp³-hybridized carbons (Fsp3) is 0.286. The number of aromatic nitrogens is 2. The lowest BCUT2D eigenvalue weighted by Crippen LogP contribution is -2.11. The number of aryl methyl sites for hydroxylation is 1. The van der Waals surface area contributed by atoms with Crippen LogP contribution in [0.3, 0.4) is 0 Å². The van der Waals surface area contributed by atoms with E-state index in [1.807, 2.05) is 0 Å². The lowest BCUT2D eigenvalue weighted by atomic mass is 10.0. The smallest absolute Gasteiger partial charge is 0.342 e. The van der Waals surface area contributed by atoms with Gasteiger partial charge in [-0.15, -0.1) is 0 Å². The summed E-state index contributed by atoms with van der Waals surface area (Å²) >= 11 is 0. The van der Waals surface area contributed by atoms with Crippen molar-refractivity contribution < 1.29 is 14.8 Å². The molecule has 1 N–H and O–H groups in total. The van der Waals surface area contributed by atoms with E-state index in [4.69, 9.17) is 5.11 Å². The third-order valence-corrected chi connectivity index (χ3v) is 3.72. The van der Waals surface area contributed by atoms with E-state index in [1.54, 1.807) is 17.0 Å². The average Bonchev–Trinajstić information content (AvgIpc) is 2.90. The molecule has 1 aliphatic carbocycles. The van der Waals surface area contributed by atoms with Gasteiger partial charge in [-0.1, -0.05) is 6.07 Å². The topological polar surface area (TPSA) is 98.3 Å². The second-order valence-corrected chi connectivity index (χ2v) is 4.95. The second-order valence-electron chi connectivity index (χ2n) is 4.95. The van der Waals surface area contributed by atoms with Crippen molar-refractivity contribution in [3.63, 3.8) is 0 Å². The first-order valence-electron chi connectivity index (χ1n) is 6.65. The number of fused-ring (bicyclic) bond motifs is 1. The van der Waals surface area contributed by atoms with Crippen LogP contribution in [-0.4, -0.2) is 25.6 Å². The molecule has 0 saturated heterocycles. The predicted molar refractivity (Wildman–Crippen MR) is 73.8 cm³/mol. The minimum atomic E-state index is -1.31. The van der Waals surface area contributed by atoms with E-state index >= 15 is 0 Å². The summed E-state index contributed by atoms with van der Waals surface area (Å²) in [5.41, 5.74) is 1.44. The first-order chi connectivity index (χ1) is 10.1. The molecule has 108 valence electrons. The van der Waals surface area contributed by atoms with Crippen molar-refractivity contribution in [2.75, 3.05) is 0 Å². The van der Waals surface area contributed by atoms with E-state index in [0.717, 1.165) is 37.1 Å². The highest BCUT2D eigenvalue weighted by molar-refractivity contribution is 5.94.